The molecule has 0 aliphatic heterocycles. The summed E-state index contributed by atoms with van der Waals surface area (Å²) in [7, 11) is 0. The highest BCUT2D eigenvalue weighted by Crippen LogP contribution is 2.14. The van der Waals surface area contributed by atoms with E-state index in [4.69, 9.17) is 14.0 Å². The highest BCUT2D eigenvalue weighted by Gasteiger charge is 2.12. The molecule has 0 atom stereocenters. The topological polar surface area (TPSA) is 133 Å². The van der Waals surface area contributed by atoms with Crippen molar-refractivity contribution in [2.45, 2.75) is 13.5 Å². The average molecular weight is 374 g/mol. The molecule has 27 heavy (non-hydrogen) atoms. The van der Waals surface area contributed by atoms with Crippen molar-refractivity contribution in [3.05, 3.63) is 54.2 Å². The van der Waals surface area contributed by atoms with Crippen LogP contribution in [0.4, 0.5) is 4.79 Å². The van der Waals surface area contributed by atoms with E-state index in [9.17, 15) is 14.4 Å². The Hall–Kier alpha value is -3.69. The van der Waals surface area contributed by atoms with Crippen LogP contribution < -0.4 is 15.4 Å². The fourth-order valence-corrected chi connectivity index (χ4v) is 1.82. The second-order valence-electron chi connectivity index (χ2n) is 5.17. The number of hydrogen-bond donors (Lipinski definition) is 2. The number of esters is 1. The van der Waals surface area contributed by atoms with E-state index >= 15 is 0 Å². The summed E-state index contributed by atoms with van der Waals surface area (Å²) in [5, 5.41) is 8.06. The molecule has 0 bridgehead atoms. The zero-order valence-electron chi connectivity index (χ0n) is 14.6. The van der Waals surface area contributed by atoms with Gasteiger partial charge in [-0.25, -0.2) is 9.59 Å². The van der Waals surface area contributed by atoms with E-state index in [0.717, 1.165) is 0 Å². The lowest BCUT2D eigenvalue weighted by molar-refractivity contribution is -0.123. The van der Waals surface area contributed by atoms with Crippen LogP contribution in [0, 0.1) is 6.92 Å². The zero-order valence-corrected chi connectivity index (χ0v) is 14.6. The molecule has 0 unspecified atom stereocenters. The summed E-state index contributed by atoms with van der Waals surface area (Å²) >= 11 is 0. The number of benzene rings is 1. The Morgan fingerprint density at radius 2 is 2.00 bits per heavy atom. The second-order valence-corrected chi connectivity index (χ2v) is 5.17. The van der Waals surface area contributed by atoms with Gasteiger partial charge in [0.2, 0.25) is 11.7 Å². The Morgan fingerprint density at radius 3 is 2.63 bits per heavy atom. The first-order valence-corrected chi connectivity index (χ1v) is 7.85. The molecule has 0 aliphatic carbocycles. The molecule has 2 N–H and O–H groups in total. The van der Waals surface area contributed by atoms with Crippen molar-refractivity contribution < 1.29 is 28.4 Å². The molecular formula is C17H18N4O6. The van der Waals surface area contributed by atoms with Gasteiger partial charge in [-0.3, -0.25) is 10.1 Å². The van der Waals surface area contributed by atoms with Crippen LogP contribution in [0.15, 0.2) is 41.4 Å². The van der Waals surface area contributed by atoms with E-state index in [0.29, 0.717) is 17.5 Å². The van der Waals surface area contributed by atoms with Crippen LogP contribution in [-0.4, -0.2) is 41.2 Å². The van der Waals surface area contributed by atoms with Gasteiger partial charge in [-0.2, -0.15) is 4.98 Å². The Kier molecular flexibility index (Phi) is 7.06. The van der Waals surface area contributed by atoms with E-state index in [-0.39, 0.29) is 18.7 Å². The smallest absolute Gasteiger partial charge is 0.338 e. The largest absolute Gasteiger partial charge is 0.485 e. The number of urea groups is 1. The van der Waals surface area contributed by atoms with Gasteiger partial charge in [0.15, 0.2) is 13.2 Å². The summed E-state index contributed by atoms with van der Waals surface area (Å²) in [6.07, 6.45) is 1.46. The average Bonchev–Trinajstić information content (AvgIpc) is 3.08. The minimum Gasteiger partial charge on any atom is -0.485 e. The molecule has 10 heteroatoms. The highest BCUT2D eigenvalue weighted by atomic mass is 16.5. The van der Waals surface area contributed by atoms with E-state index in [1.54, 1.807) is 19.1 Å². The normalized spacial score (nSPS) is 9.96. The van der Waals surface area contributed by atoms with Gasteiger partial charge in [-0.05, 0) is 24.3 Å². The summed E-state index contributed by atoms with van der Waals surface area (Å²) < 4.78 is 15.1. The van der Waals surface area contributed by atoms with Gasteiger partial charge in [0.1, 0.15) is 5.75 Å². The van der Waals surface area contributed by atoms with E-state index < -0.39 is 24.5 Å². The molecule has 142 valence electrons. The molecule has 10 nitrogen and oxygen atoms in total. The lowest BCUT2D eigenvalue weighted by Crippen LogP contribution is -2.41. The summed E-state index contributed by atoms with van der Waals surface area (Å²) in [5.74, 6) is -0.129. The lowest BCUT2D eigenvalue weighted by atomic mass is 10.2. The predicted octanol–water partition coefficient (Wildman–Crippen LogP) is 1.13. The number of aryl methyl sites for hydroxylation is 1. The highest BCUT2D eigenvalue weighted by molar-refractivity contribution is 5.97. The van der Waals surface area contributed by atoms with Gasteiger partial charge in [0, 0.05) is 13.5 Å². The molecule has 2 rings (SSSR count). The summed E-state index contributed by atoms with van der Waals surface area (Å²) in [4.78, 5) is 38.7. The number of carbonyl (C=O) groups excluding carboxylic acids is 3. The number of hydrogen-bond acceptors (Lipinski definition) is 8. The molecule has 0 fully saturated rings. The first kappa shape index (κ1) is 19.6. The third-order valence-electron chi connectivity index (χ3n) is 3.02. The van der Waals surface area contributed by atoms with E-state index in [1.807, 2.05) is 5.32 Å². The monoisotopic (exact) mass is 374 g/mol. The minimum absolute atomic E-state index is 0.120. The SMILES string of the molecule is C=CCNC(=O)NC(=O)COC(=O)c1ccc(OCc2noc(C)n2)cc1. The van der Waals surface area contributed by atoms with Gasteiger partial charge in [0.05, 0.1) is 5.56 Å². The Labute approximate surface area is 154 Å². The number of aromatic nitrogens is 2. The van der Waals surface area contributed by atoms with Crippen LogP contribution in [0.1, 0.15) is 22.1 Å². The van der Waals surface area contributed by atoms with Crippen molar-refractivity contribution in [2.24, 2.45) is 0 Å². The lowest BCUT2D eigenvalue weighted by Gasteiger charge is -2.07. The molecule has 3 amide bonds. The predicted molar refractivity (Wildman–Crippen MR) is 91.8 cm³/mol. The molecule has 0 saturated carbocycles. The Balaban J connectivity index is 1.76. The van der Waals surface area contributed by atoms with Gasteiger partial charge >= 0.3 is 12.0 Å². The zero-order chi connectivity index (χ0) is 19.6. The van der Waals surface area contributed by atoms with Crippen LogP contribution in [0.2, 0.25) is 0 Å². The minimum atomic E-state index is -0.750. The maximum Gasteiger partial charge on any atom is 0.338 e. The fourth-order valence-electron chi connectivity index (χ4n) is 1.82. The van der Waals surface area contributed by atoms with Crippen molar-refractivity contribution in [3.8, 4) is 5.75 Å². The third-order valence-corrected chi connectivity index (χ3v) is 3.02. The van der Waals surface area contributed by atoms with Crippen LogP contribution in [0.3, 0.4) is 0 Å². The third kappa shape index (κ3) is 6.61. The van der Waals surface area contributed by atoms with Crippen molar-refractivity contribution in [1.29, 1.82) is 0 Å². The molecule has 0 aliphatic rings. The van der Waals surface area contributed by atoms with Crippen LogP contribution in [-0.2, 0) is 16.1 Å². The molecule has 1 heterocycles. The molecule has 0 spiro atoms. The molecular weight excluding hydrogens is 356 g/mol. The number of rotatable bonds is 8. The fraction of sp³-hybridized carbons (Fsp3) is 0.235. The first-order valence-electron chi connectivity index (χ1n) is 7.85. The maximum atomic E-state index is 11.9. The number of nitrogens with zero attached hydrogens (tertiary/aromatic N) is 2. The molecule has 1 aromatic heterocycles. The standard InChI is InChI=1S/C17H18N4O6/c1-3-8-18-17(24)20-15(22)10-26-16(23)12-4-6-13(7-5-12)25-9-14-19-11(2)27-21-14/h3-7H,1,8-10H2,2H3,(H2,18,20,22,24). The van der Waals surface area contributed by atoms with Gasteiger partial charge < -0.3 is 19.3 Å². The summed E-state index contributed by atoms with van der Waals surface area (Å²) in [6, 6.07) is 5.38. The number of carbonyl (C=O) groups is 3. The Bertz CT molecular complexity index is 815. The second kappa shape index (κ2) is 9.70. The number of ether oxygens (including phenoxy) is 2. The summed E-state index contributed by atoms with van der Waals surface area (Å²) in [5.41, 5.74) is 0.224. The van der Waals surface area contributed by atoms with E-state index in [1.165, 1.54) is 18.2 Å². The van der Waals surface area contributed by atoms with Crippen molar-refractivity contribution in [2.75, 3.05) is 13.2 Å². The van der Waals surface area contributed by atoms with Crippen molar-refractivity contribution in [1.82, 2.24) is 20.8 Å². The molecule has 0 saturated heterocycles. The molecule has 0 radical (unpaired) electrons. The molecule has 1 aromatic carbocycles. The Morgan fingerprint density at radius 1 is 1.26 bits per heavy atom. The maximum absolute atomic E-state index is 11.9. The quantitative estimate of drug-likeness (QED) is 0.519. The van der Waals surface area contributed by atoms with Crippen LogP contribution in [0.5, 0.6) is 5.75 Å². The van der Waals surface area contributed by atoms with Gasteiger partial charge in [0.25, 0.3) is 5.91 Å². The van der Waals surface area contributed by atoms with Crippen molar-refractivity contribution in [3.63, 3.8) is 0 Å². The summed E-state index contributed by atoms with van der Waals surface area (Å²) in [6.45, 7) is 4.84. The first-order chi connectivity index (χ1) is 13.0. The van der Waals surface area contributed by atoms with Crippen molar-refractivity contribution >= 4 is 17.9 Å². The van der Waals surface area contributed by atoms with Gasteiger partial charge in [-0.1, -0.05) is 11.2 Å². The van der Waals surface area contributed by atoms with Gasteiger partial charge in [-0.15, -0.1) is 6.58 Å². The van der Waals surface area contributed by atoms with Crippen LogP contribution in [0.25, 0.3) is 0 Å². The number of imide groups is 1. The number of amides is 3. The van der Waals surface area contributed by atoms with Crippen LogP contribution >= 0.6 is 0 Å². The number of nitrogens with one attached hydrogen (secondary N) is 2. The molecule has 2 aromatic rings. The van der Waals surface area contributed by atoms with E-state index in [2.05, 4.69) is 22.0 Å².